The van der Waals surface area contributed by atoms with E-state index in [1.165, 1.54) is 10.4 Å². The first-order valence-electron chi connectivity index (χ1n) is 6.03. The van der Waals surface area contributed by atoms with E-state index in [1.54, 1.807) is 25.2 Å². The Morgan fingerprint density at radius 1 is 1.32 bits per heavy atom. The van der Waals surface area contributed by atoms with E-state index >= 15 is 0 Å². The van der Waals surface area contributed by atoms with Crippen molar-refractivity contribution in [2.24, 2.45) is 5.41 Å². The van der Waals surface area contributed by atoms with E-state index in [0.717, 1.165) is 4.88 Å². The second-order valence-corrected chi connectivity index (χ2v) is 6.52. The number of urea groups is 1. The molecule has 2 amide bonds. The van der Waals surface area contributed by atoms with Gasteiger partial charge in [0.05, 0.1) is 12.0 Å². The lowest BCUT2D eigenvalue weighted by atomic mass is 9.94. The van der Waals surface area contributed by atoms with Crippen LogP contribution in [0.1, 0.15) is 29.2 Å². The van der Waals surface area contributed by atoms with Crippen molar-refractivity contribution in [3.8, 4) is 0 Å². The van der Waals surface area contributed by atoms with Crippen LogP contribution in [-0.4, -0.2) is 23.7 Å². The number of carboxylic acids is 1. The molecule has 5 nitrogen and oxygen atoms in total. The standard InChI is InChI=1S/C13H20N2O3S/c1-8-5-10(19-9(8)2)6-14-12(18)15-7-13(3,4)11(16)17/h5H,6-7H2,1-4H3,(H,16,17)(H2,14,15,18). The minimum Gasteiger partial charge on any atom is -0.481 e. The van der Waals surface area contributed by atoms with Crippen LogP contribution in [-0.2, 0) is 11.3 Å². The highest BCUT2D eigenvalue weighted by Gasteiger charge is 2.27. The van der Waals surface area contributed by atoms with Crippen molar-refractivity contribution in [3.63, 3.8) is 0 Å². The van der Waals surface area contributed by atoms with E-state index in [-0.39, 0.29) is 12.6 Å². The van der Waals surface area contributed by atoms with Gasteiger partial charge >= 0.3 is 12.0 Å². The van der Waals surface area contributed by atoms with E-state index in [1.807, 2.05) is 19.9 Å². The summed E-state index contributed by atoms with van der Waals surface area (Å²) in [6, 6.07) is 1.69. The van der Waals surface area contributed by atoms with Gasteiger partial charge in [0.25, 0.3) is 0 Å². The molecule has 19 heavy (non-hydrogen) atoms. The van der Waals surface area contributed by atoms with Gasteiger partial charge in [-0.25, -0.2) is 4.79 Å². The van der Waals surface area contributed by atoms with Crippen molar-refractivity contribution in [2.45, 2.75) is 34.2 Å². The molecular formula is C13H20N2O3S. The summed E-state index contributed by atoms with van der Waals surface area (Å²) >= 11 is 1.65. The zero-order valence-corrected chi connectivity index (χ0v) is 12.5. The third-order valence-electron chi connectivity index (χ3n) is 2.91. The van der Waals surface area contributed by atoms with Crippen LogP contribution < -0.4 is 10.6 Å². The molecule has 0 atom stereocenters. The van der Waals surface area contributed by atoms with Crippen molar-refractivity contribution < 1.29 is 14.7 Å². The molecule has 0 unspecified atom stereocenters. The quantitative estimate of drug-likeness (QED) is 0.776. The maximum absolute atomic E-state index is 11.6. The number of carboxylic acid groups (broad SMARTS) is 1. The Labute approximate surface area is 117 Å². The summed E-state index contributed by atoms with van der Waals surface area (Å²) in [6.45, 7) is 7.77. The fourth-order valence-corrected chi connectivity index (χ4v) is 2.34. The number of hydrogen-bond donors (Lipinski definition) is 3. The molecule has 0 aromatic carbocycles. The summed E-state index contributed by atoms with van der Waals surface area (Å²) in [6.07, 6.45) is 0. The molecule has 3 N–H and O–H groups in total. The molecule has 1 heterocycles. The SMILES string of the molecule is Cc1cc(CNC(=O)NCC(C)(C)C(=O)O)sc1C. The van der Waals surface area contributed by atoms with Crippen LogP contribution in [0.15, 0.2) is 6.07 Å². The first-order chi connectivity index (χ1) is 8.72. The molecule has 0 spiro atoms. The van der Waals surface area contributed by atoms with Crippen molar-refractivity contribution in [1.29, 1.82) is 0 Å². The van der Waals surface area contributed by atoms with Crippen LogP contribution in [0, 0.1) is 19.3 Å². The molecule has 1 aromatic rings. The number of carbonyl (C=O) groups is 2. The van der Waals surface area contributed by atoms with Gasteiger partial charge in [0.1, 0.15) is 0 Å². The minimum absolute atomic E-state index is 0.0939. The molecule has 0 bridgehead atoms. The highest BCUT2D eigenvalue weighted by molar-refractivity contribution is 7.12. The number of thiophene rings is 1. The molecule has 0 fully saturated rings. The Balaban J connectivity index is 2.38. The lowest BCUT2D eigenvalue weighted by molar-refractivity contribution is -0.146. The van der Waals surface area contributed by atoms with Gasteiger partial charge in [-0.1, -0.05) is 0 Å². The third-order valence-corrected chi connectivity index (χ3v) is 4.06. The lowest BCUT2D eigenvalue weighted by Gasteiger charge is -2.19. The second kappa shape index (κ2) is 6.06. The van der Waals surface area contributed by atoms with Crippen LogP contribution in [0.4, 0.5) is 4.79 Å². The maximum Gasteiger partial charge on any atom is 0.315 e. The molecule has 0 aliphatic rings. The van der Waals surface area contributed by atoms with E-state index in [9.17, 15) is 9.59 Å². The van der Waals surface area contributed by atoms with E-state index in [4.69, 9.17) is 5.11 Å². The molecule has 0 saturated carbocycles. The topological polar surface area (TPSA) is 78.4 Å². The predicted molar refractivity (Wildman–Crippen MR) is 75.4 cm³/mol. The molecule has 1 aromatic heterocycles. The van der Waals surface area contributed by atoms with Crippen LogP contribution >= 0.6 is 11.3 Å². The number of rotatable bonds is 5. The van der Waals surface area contributed by atoms with Crippen LogP contribution in [0.3, 0.4) is 0 Å². The summed E-state index contributed by atoms with van der Waals surface area (Å²) in [5, 5.41) is 14.2. The monoisotopic (exact) mass is 284 g/mol. The summed E-state index contributed by atoms with van der Waals surface area (Å²) < 4.78 is 0. The first kappa shape index (κ1) is 15.5. The van der Waals surface area contributed by atoms with Gasteiger partial charge in [-0.15, -0.1) is 11.3 Å². The Morgan fingerprint density at radius 2 is 1.95 bits per heavy atom. The molecular weight excluding hydrogens is 264 g/mol. The normalized spacial score (nSPS) is 11.2. The third kappa shape index (κ3) is 4.55. The molecule has 0 aliphatic carbocycles. The van der Waals surface area contributed by atoms with Gasteiger partial charge in [-0.3, -0.25) is 4.79 Å². The van der Waals surface area contributed by atoms with E-state index in [0.29, 0.717) is 6.54 Å². The Bertz CT molecular complexity index is 461. The second-order valence-electron chi connectivity index (χ2n) is 5.18. The molecule has 106 valence electrons. The fraction of sp³-hybridized carbons (Fsp3) is 0.538. The van der Waals surface area contributed by atoms with E-state index in [2.05, 4.69) is 10.6 Å². The molecule has 1 rings (SSSR count). The van der Waals surface area contributed by atoms with Crippen molar-refractivity contribution in [2.75, 3.05) is 6.54 Å². The number of amides is 2. The minimum atomic E-state index is -0.965. The molecule has 0 saturated heterocycles. The highest BCUT2D eigenvalue weighted by atomic mass is 32.1. The van der Waals surface area contributed by atoms with Crippen LogP contribution in [0.25, 0.3) is 0 Å². The summed E-state index contributed by atoms with van der Waals surface area (Å²) in [5.74, 6) is -0.933. The predicted octanol–water partition coefficient (Wildman–Crippen LogP) is 2.27. The number of nitrogens with one attached hydrogen (secondary N) is 2. The van der Waals surface area contributed by atoms with Crippen molar-refractivity contribution in [3.05, 3.63) is 21.4 Å². The number of aliphatic carboxylic acids is 1. The lowest BCUT2D eigenvalue weighted by Crippen LogP contribution is -2.43. The van der Waals surface area contributed by atoms with Gasteiger partial charge in [0.15, 0.2) is 0 Å². The highest BCUT2D eigenvalue weighted by Crippen LogP contribution is 2.20. The van der Waals surface area contributed by atoms with Crippen molar-refractivity contribution >= 4 is 23.3 Å². The summed E-state index contributed by atoms with van der Waals surface area (Å²) in [7, 11) is 0. The Hall–Kier alpha value is -1.56. The summed E-state index contributed by atoms with van der Waals surface area (Å²) in [5.41, 5.74) is 0.252. The average Bonchev–Trinajstić information content (AvgIpc) is 2.63. The molecule has 0 aliphatic heterocycles. The first-order valence-corrected chi connectivity index (χ1v) is 6.85. The zero-order chi connectivity index (χ0) is 14.6. The smallest absolute Gasteiger partial charge is 0.315 e. The molecule has 6 heteroatoms. The average molecular weight is 284 g/mol. The zero-order valence-electron chi connectivity index (χ0n) is 11.7. The van der Waals surface area contributed by atoms with Crippen LogP contribution in [0.2, 0.25) is 0 Å². The largest absolute Gasteiger partial charge is 0.481 e. The van der Waals surface area contributed by atoms with Gasteiger partial charge < -0.3 is 15.7 Å². The van der Waals surface area contributed by atoms with Gasteiger partial charge in [-0.2, -0.15) is 0 Å². The fourth-order valence-electron chi connectivity index (χ4n) is 1.34. The van der Waals surface area contributed by atoms with Crippen LogP contribution in [0.5, 0.6) is 0 Å². The Kier molecular flexibility index (Phi) is 4.94. The maximum atomic E-state index is 11.6. The molecule has 0 radical (unpaired) electrons. The number of aryl methyl sites for hydroxylation is 2. The Morgan fingerprint density at radius 3 is 2.42 bits per heavy atom. The van der Waals surface area contributed by atoms with Gasteiger partial charge in [-0.05, 0) is 39.3 Å². The van der Waals surface area contributed by atoms with E-state index < -0.39 is 11.4 Å². The van der Waals surface area contributed by atoms with Gasteiger partial charge in [0.2, 0.25) is 0 Å². The van der Waals surface area contributed by atoms with Crippen molar-refractivity contribution in [1.82, 2.24) is 10.6 Å². The van der Waals surface area contributed by atoms with Gasteiger partial charge in [0, 0.05) is 16.3 Å². The number of carbonyl (C=O) groups excluding carboxylic acids is 1. The number of hydrogen-bond acceptors (Lipinski definition) is 3. The summed E-state index contributed by atoms with van der Waals surface area (Å²) in [4.78, 5) is 24.8.